The molecule has 21 heavy (non-hydrogen) atoms. The lowest BCUT2D eigenvalue weighted by Crippen LogP contribution is -2.07. The number of aromatic nitrogens is 3. The van der Waals surface area contributed by atoms with E-state index in [1.165, 1.54) is 6.07 Å². The molecule has 0 aliphatic carbocycles. The van der Waals surface area contributed by atoms with Crippen LogP contribution in [0.2, 0.25) is 0 Å². The number of hydrogen-bond donors (Lipinski definition) is 0. The SMILES string of the molecule is Cc1cccc(Cn2c(C(C)Cl)nc3c(F)cccc32)n1. The summed E-state index contributed by atoms with van der Waals surface area (Å²) < 4.78 is 15.8. The van der Waals surface area contributed by atoms with Crippen LogP contribution in [0.4, 0.5) is 4.39 Å². The van der Waals surface area contributed by atoms with Crippen molar-refractivity contribution >= 4 is 22.6 Å². The zero-order valence-corrected chi connectivity index (χ0v) is 12.6. The maximum atomic E-state index is 13.9. The van der Waals surface area contributed by atoms with Crippen molar-refractivity contribution in [2.24, 2.45) is 0 Å². The average Bonchev–Trinajstić information content (AvgIpc) is 2.80. The first-order valence-corrected chi connectivity index (χ1v) is 7.21. The second-order valence-electron chi connectivity index (χ2n) is 5.05. The Morgan fingerprint density at radius 2 is 1.95 bits per heavy atom. The Hall–Kier alpha value is -1.94. The van der Waals surface area contributed by atoms with E-state index in [2.05, 4.69) is 9.97 Å². The maximum Gasteiger partial charge on any atom is 0.151 e. The Bertz CT molecular complexity index is 795. The Labute approximate surface area is 127 Å². The highest BCUT2D eigenvalue weighted by atomic mass is 35.5. The zero-order valence-electron chi connectivity index (χ0n) is 11.8. The Morgan fingerprint density at radius 1 is 1.19 bits per heavy atom. The predicted molar refractivity (Wildman–Crippen MR) is 82.0 cm³/mol. The predicted octanol–water partition coefficient (Wildman–Crippen LogP) is 4.23. The van der Waals surface area contributed by atoms with Gasteiger partial charge in [-0.2, -0.15) is 0 Å². The molecule has 1 unspecified atom stereocenters. The Kier molecular flexibility index (Phi) is 3.64. The highest BCUT2D eigenvalue weighted by Crippen LogP contribution is 2.26. The van der Waals surface area contributed by atoms with Gasteiger partial charge in [0.15, 0.2) is 5.82 Å². The summed E-state index contributed by atoms with van der Waals surface area (Å²) in [4.78, 5) is 8.85. The lowest BCUT2D eigenvalue weighted by Gasteiger charge is -2.10. The molecule has 0 saturated carbocycles. The topological polar surface area (TPSA) is 30.7 Å². The molecule has 3 nitrogen and oxygen atoms in total. The molecule has 5 heteroatoms. The summed E-state index contributed by atoms with van der Waals surface area (Å²) >= 11 is 6.20. The highest BCUT2D eigenvalue weighted by Gasteiger charge is 2.17. The number of rotatable bonds is 3. The summed E-state index contributed by atoms with van der Waals surface area (Å²) in [6.45, 7) is 4.30. The van der Waals surface area contributed by atoms with E-state index in [0.29, 0.717) is 17.9 Å². The fraction of sp³-hybridized carbons (Fsp3) is 0.250. The van der Waals surface area contributed by atoms with Gasteiger partial charge in [0.1, 0.15) is 11.3 Å². The molecule has 0 aliphatic rings. The summed E-state index contributed by atoms with van der Waals surface area (Å²) in [6.07, 6.45) is 0. The van der Waals surface area contributed by atoms with Gasteiger partial charge in [0.05, 0.1) is 23.1 Å². The Morgan fingerprint density at radius 3 is 2.67 bits per heavy atom. The minimum Gasteiger partial charge on any atom is -0.321 e. The van der Waals surface area contributed by atoms with Gasteiger partial charge in [-0.15, -0.1) is 11.6 Å². The summed E-state index contributed by atoms with van der Waals surface area (Å²) in [6, 6.07) is 10.8. The number of imidazole rings is 1. The molecule has 0 aliphatic heterocycles. The minimum atomic E-state index is -0.331. The van der Waals surface area contributed by atoms with E-state index >= 15 is 0 Å². The van der Waals surface area contributed by atoms with Crippen molar-refractivity contribution in [1.29, 1.82) is 0 Å². The van der Waals surface area contributed by atoms with Gasteiger partial charge in [0.2, 0.25) is 0 Å². The number of fused-ring (bicyclic) bond motifs is 1. The molecule has 3 aromatic rings. The standard InChI is InChI=1S/C16H15ClFN3/c1-10-5-3-6-12(19-10)9-21-14-8-4-7-13(18)15(14)20-16(21)11(2)17/h3-8,11H,9H2,1-2H3. The molecule has 0 saturated heterocycles. The lowest BCUT2D eigenvalue weighted by atomic mass is 10.2. The maximum absolute atomic E-state index is 13.9. The van der Waals surface area contributed by atoms with E-state index < -0.39 is 0 Å². The number of alkyl halides is 1. The first kappa shape index (κ1) is 14.0. The lowest BCUT2D eigenvalue weighted by molar-refractivity contribution is 0.637. The van der Waals surface area contributed by atoms with Crippen LogP contribution in [0, 0.1) is 12.7 Å². The van der Waals surface area contributed by atoms with Crippen LogP contribution in [-0.4, -0.2) is 14.5 Å². The van der Waals surface area contributed by atoms with Crippen LogP contribution in [0.1, 0.15) is 29.5 Å². The first-order valence-electron chi connectivity index (χ1n) is 6.77. The highest BCUT2D eigenvalue weighted by molar-refractivity contribution is 6.20. The second kappa shape index (κ2) is 5.45. The third kappa shape index (κ3) is 2.63. The number of pyridine rings is 1. The van der Waals surface area contributed by atoms with Crippen molar-refractivity contribution in [2.75, 3.05) is 0 Å². The molecule has 3 rings (SSSR count). The molecule has 0 radical (unpaired) electrons. The molecule has 0 bridgehead atoms. The minimum absolute atomic E-state index is 0.304. The molecule has 2 aromatic heterocycles. The average molecular weight is 304 g/mol. The van der Waals surface area contributed by atoms with Crippen LogP contribution in [0.15, 0.2) is 36.4 Å². The van der Waals surface area contributed by atoms with Gasteiger partial charge >= 0.3 is 0 Å². The third-order valence-corrected chi connectivity index (χ3v) is 3.58. The fourth-order valence-corrected chi connectivity index (χ4v) is 2.62. The fourth-order valence-electron chi connectivity index (χ4n) is 2.45. The number of aryl methyl sites for hydroxylation is 1. The summed E-state index contributed by atoms with van der Waals surface area (Å²) in [5.41, 5.74) is 2.94. The van der Waals surface area contributed by atoms with Gasteiger partial charge in [-0.05, 0) is 38.1 Å². The summed E-state index contributed by atoms with van der Waals surface area (Å²) in [5, 5.41) is -0.304. The summed E-state index contributed by atoms with van der Waals surface area (Å²) in [5.74, 6) is 0.321. The quantitative estimate of drug-likeness (QED) is 0.678. The number of para-hydroxylation sites is 1. The van der Waals surface area contributed by atoms with Crippen LogP contribution in [0.3, 0.4) is 0 Å². The first-order chi connectivity index (χ1) is 10.1. The van der Waals surface area contributed by atoms with Crippen LogP contribution >= 0.6 is 11.6 Å². The van der Waals surface area contributed by atoms with Gasteiger partial charge in [-0.3, -0.25) is 4.98 Å². The van der Waals surface area contributed by atoms with Crippen molar-refractivity contribution in [1.82, 2.24) is 14.5 Å². The van der Waals surface area contributed by atoms with E-state index in [1.54, 1.807) is 6.07 Å². The molecule has 1 aromatic carbocycles. The molecule has 0 amide bonds. The molecule has 2 heterocycles. The van der Waals surface area contributed by atoms with Gasteiger partial charge in [0.25, 0.3) is 0 Å². The van der Waals surface area contributed by atoms with E-state index in [1.807, 2.05) is 42.7 Å². The van der Waals surface area contributed by atoms with Crippen molar-refractivity contribution in [2.45, 2.75) is 25.8 Å². The molecule has 0 fully saturated rings. The van der Waals surface area contributed by atoms with E-state index in [0.717, 1.165) is 16.9 Å². The molecule has 108 valence electrons. The van der Waals surface area contributed by atoms with E-state index in [-0.39, 0.29) is 11.2 Å². The van der Waals surface area contributed by atoms with Crippen molar-refractivity contribution < 1.29 is 4.39 Å². The number of benzene rings is 1. The van der Waals surface area contributed by atoms with Crippen molar-refractivity contribution in [3.05, 3.63) is 59.4 Å². The van der Waals surface area contributed by atoms with Crippen LogP contribution in [-0.2, 0) is 6.54 Å². The number of nitrogens with zero attached hydrogens (tertiary/aromatic N) is 3. The van der Waals surface area contributed by atoms with Gasteiger partial charge < -0.3 is 4.57 Å². The Balaban J connectivity index is 2.16. The van der Waals surface area contributed by atoms with Gasteiger partial charge in [0, 0.05) is 5.69 Å². The zero-order chi connectivity index (χ0) is 15.0. The molecular weight excluding hydrogens is 289 g/mol. The normalized spacial score (nSPS) is 12.8. The molecule has 0 spiro atoms. The second-order valence-corrected chi connectivity index (χ2v) is 5.70. The van der Waals surface area contributed by atoms with Gasteiger partial charge in [-0.1, -0.05) is 12.1 Å². The largest absolute Gasteiger partial charge is 0.321 e. The smallest absolute Gasteiger partial charge is 0.151 e. The van der Waals surface area contributed by atoms with Crippen LogP contribution in [0.5, 0.6) is 0 Å². The van der Waals surface area contributed by atoms with E-state index in [9.17, 15) is 4.39 Å². The molecular formula is C16H15ClFN3. The van der Waals surface area contributed by atoms with E-state index in [4.69, 9.17) is 11.6 Å². The molecule has 1 atom stereocenters. The molecule has 0 N–H and O–H groups in total. The van der Waals surface area contributed by atoms with Crippen LogP contribution < -0.4 is 0 Å². The number of hydrogen-bond acceptors (Lipinski definition) is 2. The van der Waals surface area contributed by atoms with Crippen LogP contribution in [0.25, 0.3) is 11.0 Å². The van der Waals surface area contributed by atoms with Gasteiger partial charge in [-0.25, -0.2) is 9.37 Å². The van der Waals surface area contributed by atoms with Crippen molar-refractivity contribution in [3.8, 4) is 0 Å². The monoisotopic (exact) mass is 303 g/mol. The summed E-state index contributed by atoms with van der Waals surface area (Å²) in [7, 11) is 0. The van der Waals surface area contributed by atoms with Crippen molar-refractivity contribution in [3.63, 3.8) is 0 Å². The third-order valence-electron chi connectivity index (χ3n) is 3.38. The number of halogens is 2.